The highest BCUT2D eigenvalue weighted by Gasteiger charge is 2.03. The zero-order valence-electron chi connectivity index (χ0n) is 5.03. The Labute approximate surface area is 53.6 Å². The number of nitriles is 1. The Morgan fingerprint density at radius 3 is 2.78 bits per heavy atom. The molecule has 0 saturated heterocycles. The van der Waals surface area contributed by atoms with Crippen molar-refractivity contribution in [1.29, 1.82) is 5.26 Å². The first-order valence-corrected chi connectivity index (χ1v) is 4.16. The van der Waals surface area contributed by atoms with Crippen molar-refractivity contribution in [3.8, 4) is 6.07 Å². The van der Waals surface area contributed by atoms with Crippen molar-refractivity contribution >= 4 is 7.60 Å². The summed E-state index contributed by atoms with van der Waals surface area (Å²) in [5.41, 5.74) is 0. The molecular weight excluding hydrogens is 141 g/mol. The third kappa shape index (κ3) is 4.16. The predicted octanol–water partition coefficient (Wildman–Crippen LogP) is 0.0999. The molecule has 0 rings (SSSR count). The average molecular weight is 148 g/mol. The van der Waals surface area contributed by atoms with Gasteiger partial charge in [-0.3, -0.25) is 0 Å². The van der Waals surface area contributed by atoms with Gasteiger partial charge in [0, 0.05) is 0 Å². The lowest BCUT2D eigenvalue weighted by Crippen LogP contribution is -2.06. The third-order valence-corrected chi connectivity index (χ3v) is 1.77. The van der Waals surface area contributed by atoms with Gasteiger partial charge in [0.1, 0.15) is 7.60 Å². The zero-order chi connectivity index (χ0) is 7.33. The summed E-state index contributed by atoms with van der Waals surface area (Å²) in [5, 5.41) is 7.93. The number of hydrogen-bond donors (Lipinski definition) is 0. The van der Waals surface area contributed by atoms with Gasteiger partial charge in [0.05, 0.1) is 18.8 Å². The standard InChI is InChI=1S/C4H8NO3P/c1-2-8-9(6,7)4-3-5/h2,4H2,1H3,(H,6,7)/p-1. The highest BCUT2D eigenvalue weighted by atomic mass is 31.2. The molecule has 0 aliphatic carbocycles. The zero-order valence-corrected chi connectivity index (χ0v) is 5.93. The van der Waals surface area contributed by atoms with Gasteiger partial charge in [-0.05, 0) is 6.92 Å². The lowest BCUT2D eigenvalue weighted by molar-refractivity contribution is -0.197. The first-order chi connectivity index (χ1) is 4.12. The Hall–Kier alpha value is -0.360. The van der Waals surface area contributed by atoms with Crippen LogP contribution in [0, 0.1) is 11.3 Å². The lowest BCUT2D eigenvalue weighted by Gasteiger charge is -2.18. The van der Waals surface area contributed by atoms with E-state index in [2.05, 4.69) is 4.52 Å². The fourth-order valence-corrected chi connectivity index (χ4v) is 0.987. The van der Waals surface area contributed by atoms with Gasteiger partial charge in [-0.2, -0.15) is 5.26 Å². The van der Waals surface area contributed by atoms with E-state index in [9.17, 15) is 9.46 Å². The van der Waals surface area contributed by atoms with Gasteiger partial charge < -0.3 is 14.0 Å². The van der Waals surface area contributed by atoms with Gasteiger partial charge >= 0.3 is 0 Å². The molecule has 5 heteroatoms. The molecule has 0 saturated carbocycles. The van der Waals surface area contributed by atoms with Crippen LogP contribution in [0.1, 0.15) is 6.92 Å². The van der Waals surface area contributed by atoms with Crippen molar-refractivity contribution in [3.63, 3.8) is 0 Å². The maximum atomic E-state index is 10.4. The number of rotatable bonds is 3. The second-order valence-corrected chi connectivity index (χ2v) is 3.14. The van der Waals surface area contributed by atoms with Crippen LogP contribution in [0.15, 0.2) is 0 Å². The van der Waals surface area contributed by atoms with Crippen LogP contribution < -0.4 is 4.89 Å². The molecule has 0 N–H and O–H groups in total. The Bertz CT molecular complexity index is 162. The molecule has 9 heavy (non-hydrogen) atoms. The fraction of sp³-hybridized carbons (Fsp3) is 0.750. The van der Waals surface area contributed by atoms with E-state index in [1.54, 1.807) is 6.92 Å². The Kier molecular flexibility index (Phi) is 3.48. The monoisotopic (exact) mass is 148 g/mol. The van der Waals surface area contributed by atoms with E-state index in [0.717, 1.165) is 0 Å². The topological polar surface area (TPSA) is 73.2 Å². The summed E-state index contributed by atoms with van der Waals surface area (Å²) in [6.07, 6.45) is -0.541. The summed E-state index contributed by atoms with van der Waals surface area (Å²) < 4.78 is 14.7. The quantitative estimate of drug-likeness (QED) is 0.532. The molecule has 0 fully saturated rings. The van der Waals surface area contributed by atoms with E-state index in [0.29, 0.717) is 0 Å². The molecule has 0 aromatic carbocycles. The van der Waals surface area contributed by atoms with E-state index >= 15 is 0 Å². The molecule has 0 heterocycles. The molecule has 0 spiro atoms. The molecule has 4 nitrogen and oxygen atoms in total. The Morgan fingerprint density at radius 2 is 2.44 bits per heavy atom. The van der Waals surface area contributed by atoms with Crippen molar-refractivity contribution in [1.82, 2.24) is 0 Å². The van der Waals surface area contributed by atoms with Crippen molar-refractivity contribution < 1.29 is 14.0 Å². The first-order valence-electron chi connectivity index (χ1n) is 2.44. The van der Waals surface area contributed by atoms with Crippen LogP contribution in [-0.4, -0.2) is 12.8 Å². The van der Waals surface area contributed by atoms with Crippen molar-refractivity contribution in [3.05, 3.63) is 0 Å². The average Bonchev–Trinajstić information content (AvgIpc) is 1.64. The molecule has 0 radical (unpaired) electrons. The van der Waals surface area contributed by atoms with Gasteiger partial charge in [0.15, 0.2) is 0 Å². The van der Waals surface area contributed by atoms with Crippen LogP contribution >= 0.6 is 7.60 Å². The summed E-state index contributed by atoms with van der Waals surface area (Å²) in [7, 11) is -3.80. The summed E-state index contributed by atoms with van der Waals surface area (Å²) >= 11 is 0. The Balaban J connectivity index is 3.75. The molecule has 1 atom stereocenters. The molecule has 1 unspecified atom stereocenters. The second kappa shape index (κ2) is 3.62. The van der Waals surface area contributed by atoms with Gasteiger partial charge in [-0.15, -0.1) is 0 Å². The number of hydrogen-bond acceptors (Lipinski definition) is 4. The van der Waals surface area contributed by atoms with Crippen molar-refractivity contribution in [2.75, 3.05) is 12.8 Å². The predicted molar refractivity (Wildman–Crippen MR) is 29.7 cm³/mol. The SMILES string of the molecule is CCOP(=O)([O-])CC#N. The second-order valence-electron chi connectivity index (χ2n) is 1.34. The maximum Gasteiger partial charge on any atom is 0.148 e. The van der Waals surface area contributed by atoms with Crippen molar-refractivity contribution in [2.24, 2.45) is 0 Å². The molecule has 0 aromatic heterocycles. The smallest absolute Gasteiger partial charge is 0.148 e. The largest absolute Gasteiger partial charge is 0.778 e. The van der Waals surface area contributed by atoms with E-state index in [1.807, 2.05) is 0 Å². The molecule has 0 aliphatic heterocycles. The normalized spacial score (nSPS) is 16.1. The van der Waals surface area contributed by atoms with E-state index in [1.165, 1.54) is 6.07 Å². The minimum absolute atomic E-state index is 0.0997. The van der Waals surface area contributed by atoms with E-state index in [-0.39, 0.29) is 6.61 Å². The highest BCUT2D eigenvalue weighted by Crippen LogP contribution is 2.35. The van der Waals surface area contributed by atoms with Gasteiger partial charge in [0.25, 0.3) is 0 Å². The van der Waals surface area contributed by atoms with Crippen LogP contribution in [0.25, 0.3) is 0 Å². The molecule has 0 bridgehead atoms. The summed E-state index contributed by atoms with van der Waals surface area (Å²) in [6.45, 7) is 1.66. The van der Waals surface area contributed by atoms with Gasteiger partial charge in [-0.25, -0.2) is 0 Å². The lowest BCUT2D eigenvalue weighted by atomic mass is 10.9. The van der Waals surface area contributed by atoms with Crippen LogP contribution in [0.4, 0.5) is 0 Å². The van der Waals surface area contributed by atoms with Gasteiger partial charge in [0.2, 0.25) is 0 Å². The van der Waals surface area contributed by atoms with Crippen LogP contribution in [0.5, 0.6) is 0 Å². The molecule has 0 amide bonds. The van der Waals surface area contributed by atoms with Crippen LogP contribution in [-0.2, 0) is 9.09 Å². The van der Waals surface area contributed by atoms with E-state index < -0.39 is 13.8 Å². The fourth-order valence-electron chi connectivity index (χ4n) is 0.329. The first kappa shape index (κ1) is 8.64. The molecular formula is C4H7NO3P-. The Morgan fingerprint density at radius 1 is 1.89 bits per heavy atom. The number of nitrogens with zero attached hydrogens (tertiary/aromatic N) is 1. The molecule has 0 aromatic rings. The van der Waals surface area contributed by atoms with Crippen LogP contribution in [0.2, 0.25) is 0 Å². The maximum absolute atomic E-state index is 10.4. The van der Waals surface area contributed by atoms with Crippen molar-refractivity contribution in [2.45, 2.75) is 6.92 Å². The highest BCUT2D eigenvalue weighted by molar-refractivity contribution is 7.51. The minimum atomic E-state index is -3.80. The van der Waals surface area contributed by atoms with Gasteiger partial charge in [-0.1, -0.05) is 0 Å². The molecule has 0 aliphatic rings. The molecule has 52 valence electrons. The summed E-state index contributed by atoms with van der Waals surface area (Å²) in [4.78, 5) is 10.4. The minimum Gasteiger partial charge on any atom is -0.778 e. The summed E-state index contributed by atoms with van der Waals surface area (Å²) in [5.74, 6) is 0. The van der Waals surface area contributed by atoms with Crippen LogP contribution in [0.3, 0.4) is 0 Å². The third-order valence-electron chi connectivity index (χ3n) is 0.590. The summed E-state index contributed by atoms with van der Waals surface area (Å²) in [6, 6.07) is 1.49. The van der Waals surface area contributed by atoms with E-state index in [4.69, 9.17) is 5.26 Å².